The van der Waals surface area contributed by atoms with E-state index in [1.165, 1.54) is 0 Å². The molecule has 1 aromatic heterocycles. The quantitative estimate of drug-likeness (QED) is 0.670. The summed E-state index contributed by atoms with van der Waals surface area (Å²) in [5.74, 6) is 0.972. The summed E-state index contributed by atoms with van der Waals surface area (Å²) in [6.45, 7) is 6.00. The van der Waals surface area contributed by atoms with E-state index in [1.54, 1.807) is 25.1 Å². The first-order valence-electron chi connectivity index (χ1n) is 8.89. The fourth-order valence-corrected chi connectivity index (χ4v) is 4.16. The highest BCUT2D eigenvalue weighted by Gasteiger charge is 2.20. The van der Waals surface area contributed by atoms with Gasteiger partial charge in [-0.05, 0) is 30.0 Å². The topological polar surface area (TPSA) is 85.1 Å². The van der Waals surface area contributed by atoms with Gasteiger partial charge in [-0.15, -0.1) is 0 Å². The van der Waals surface area contributed by atoms with Gasteiger partial charge in [0.05, 0.1) is 4.90 Å². The van der Waals surface area contributed by atoms with Crippen LogP contribution in [0.1, 0.15) is 36.8 Å². The predicted octanol–water partition coefficient (Wildman–Crippen LogP) is 3.69. The molecule has 1 heterocycles. The molecule has 0 aliphatic carbocycles. The van der Waals surface area contributed by atoms with E-state index in [9.17, 15) is 8.42 Å². The van der Waals surface area contributed by atoms with Crippen LogP contribution in [0.25, 0.3) is 11.4 Å². The lowest BCUT2D eigenvalue weighted by molar-refractivity contribution is 0.383. The molecule has 142 valence electrons. The maximum Gasteiger partial charge on any atom is 0.240 e. The van der Waals surface area contributed by atoms with E-state index in [0.717, 1.165) is 5.56 Å². The Morgan fingerprint density at radius 2 is 1.89 bits per heavy atom. The summed E-state index contributed by atoms with van der Waals surface area (Å²) in [5, 5.41) is 3.92. The average molecular weight is 385 g/mol. The molecule has 1 atom stereocenters. The second kappa shape index (κ2) is 8.02. The largest absolute Gasteiger partial charge is 0.339 e. The van der Waals surface area contributed by atoms with Crippen LogP contribution in [0.5, 0.6) is 0 Å². The fraction of sp³-hybridized carbons (Fsp3) is 0.300. The van der Waals surface area contributed by atoms with Crippen molar-refractivity contribution in [2.24, 2.45) is 0 Å². The van der Waals surface area contributed by atoms with Crippen molar-refractivity contribution in [2.45, 2.75) is 38.0 Å². The van der Waals surface area contributed by atoms with Crippen molar-refractivity contribution < 1.29 is 12.9 Å². The molecule has 2 aromatic carbocycles. The molecule has 0 aliphatic heterocycles. The van der Waals surface area contributed by atoms with E-state index in [-0.39, 0.29) is 10.8 Å². The Labute approximate surface area is 159 Å². The molecular formula is C20H23N3O3S. The lowest BCUT2D eigenvalue weighted by Crippen LogP contribution is -2.28. The Balaban J connectivity index is 1.82. The third-order valence-corrected chi connectivity index (χ3v) is 6.02. The Kier molecular flexibility index (Phi) is 5.72. The van der Waals surface area contributed by atoms with E-state index < -0.39 is 10.0 Å². The first kappa shape index (κ1) is 19.3. The van der Waals surface area contributed by atoms with E-state index in [1.807, 2.05) is 44.2 Å². The van der Waals surface area contributed by atoms with Crippen molar-refractivity contribution in [1.29, 1.82) is 0 Å². The minimum Gasteiger partial charge on any atom is -0.339 e. The van der Waals surface area contributed by atoms with Gasteiger partial charge < -0.3 is 4.52 Å². The molecule has 0 saturated heterocycles. The number of aromatic nitrogens is 2. The molecular weight excluding hydrogens is 362 g/mol. The third-order valence-electron chi connectivity index (χ3n) is 4.45. The van der Waals surface area contributed by atoms with E-state index in [4.69, 9.17) is 4.52 Å². The van der Waals surface area contributed by atoms with Crippen LogP contribution in [0.15, 0.2) is 57.9 Å². The zero-order valence-electron chi connectivity index (χ0n) is 15.6. The van der Waals surface area contributed by atoms with E-state index in [0.29, 0.717) is 35.8 Å². The van der Waals surface area contributed by atoms with Crippen molar-refractivity contribution in [3.8, 4) is 11.4 Å². The van der Waals surface area contributed by atoms with Crippen LogP contribution in [-0.4, -0.2) is 25.1 Å². The normalized spacial score (nSPS) is 12.9. The second-order valence-electron chi connectivity index (χ2n) is 6.51. The molecule has 0 aliphatic rings. The van der Waals surface area contributed by atoms with Gasteiger partial charge in [0.1, 0.15) is 0 Å². The highest BCUT2D eigenvalue weighted by molar-refractivity contribution is 7.89. The molecule has 0 spiro atoms. The minimum absolute atomic E-state index is 0.0637. The van der Waals surface area contributed by atoms with E-state index >= 15 is 0 Å². The van der Waals surface area contributed by atoms with Crippen LogP contribution in [0.3, 0.4) is 0 Å². The molecule has 0 saturated carbocycles. The zero-order valence-corrected chi connectivity index (χ0v) is 16.5. The fourth-order valence-electron chi connectivity index (χ4n) is 2.76. The Morgan fingerprint density at radius 3 is 2.56 bits per heavy atom. The lowest BCUT2D eigenvalue weighted by atomic mass is 10.0. The van der Waals surface area contributed by atoms with Crippen molar-refractivity contribution in [2.75, 3.05) is 6.54 Å². The van der Waals surface area contributed by atoms with Gasteiger partial charge >= 0.3 is 0 Å². The molecule has 7 heteroatoms. The summed E-state index contributed by atoms with van der Waals surface area (Å²) in [6, 6.07) is 15.0. The molecule has 0 fully saturated rings. The number of benzene rings is 2. The van der Waals surface area contributed by atoms with Gasteiger partial charge in [-0.3, -0.25) is 0 Å². The highest BCUT2D eigenvalue weighted by atomic mass is 32.2. The number of aryl methyl sites for hydroxylation is 2. The predicted molar refractivity (Wildman–Crippen MR) is 104 cm³/mol. The highest BCUT2D eigenvalue weighted by Crippen LogP contribution is 2.24. The summed E-state index contributed by atoms with van der Waals surface area (Å²) in [7, 11) is -3.66. The summed E-state index contributed by atoms with van der Waals surface area (Å²) in [6.07, 6.45) is 0.628. The van der Waals surface area contributed by atoms with Crippen LogP contribution in [0.2, 0.25) is 0 Å². The molecule has 27 heavy (non-hydrogen) atoms. The molecule has 6 nitrogen and oxygen atoms in total. The number of rotatable bonds is 7. The van der Waals surface area contributed by atoms with Crippen LogP contribution < -0.4 is 4.72 Å². The van der Waals surface area contributed by atoms with Gasteiger partial charge in [0, 0.05) is 18.5 Å². The maximum atomic E-state index is 12.9. The van der Waals surface area contributed by atoms with Crippen LogP contribution >= 0.6 is 0 Å². The van der Waals surface area contributed by atoms with Crippen molar-refractivity contribution in [1.82, 2.24) is 14.9 Å². The monoisotopic (exact) mass is 385 g/mol. The van der Waals surface area contributed by atoms with Gasteiger partial charge in [-0.25, -0.2) is 13.1 Å². The lowest BCUT2D eigenvalue weighted by Gasteiger charge is -2.15. The van der Waals surface area contributed by atoms with E-state index in [2.05, 4.69) is 14.9 Å². The third kappa shape index (κ3) is 4.43. The van der Waals surface area contributed by atoms with Crippen molar-refractivity contribution >= 4 is 10.0 Å². The first-order chi connectivity index (χ1) is 12.9. The molecule has 0 unspecified atom stereocenters. The van der Waals surface area contributed by atoms with Crippen LogP contribution in [0.4, 0.5) is 0 Å². The summed E-state index contributed by atoms with van der Waals surface area (Å²) < 4.78 is 33.6. The van der Waals surface area contributed by atoms with Gasteiger partial charge in [-0.2, -0.15) is 4.98 Å². The molecule has 0 radical (unpaired) electrons. The molecule has 0 bridgehead atoms. The smallest absolute Gasteiger partial charge is 0.240 e. The number of hydrogen-bond donors (Lipinski definition) is 1. The Morgan fingerprint density at radius 1 is 1.15 bits per heavy atom. The number of nitrogens with one attached hydrogen (secondary N) is 1. The maximum absolute atomic E-state index is 12.9. The standard InChI is InChI=1S/C20H23N3O3S/c1-4-19-22-20(23-26-19)17-11-10-14(2)18(12-17)27(24,25)21-13-15(3)16-8-6-5-7-9-16/h5-12,15,21H,4,13H2,1-3H3/t15-/m0/s1. The summed E-state index contributed by atoms with van der Waals surface area (Å²) in [4.78, 5) is 4.50. The molecule has 1 N–H and O–H groups in total. The van der Waals surface area contributed by atoms with Crippen molar-refractivity contribution in [3.05, 3.63) is 65.5 Å². The second-order valence-corrected chi connectivity index (χ2v) is 8.24. The number of sulfonamides is 1. The first-order valence-corrected chi connectivity index (χ1v) is 10.4. The molecule has 3 rings (SSSR count). The Bertz CT molecular complexity index is 1010. The number of hydrogen-bond acceptors (Lipinski definition) is 5. The van der Waals surface area contributed by atoms with Crippen LogP contribution in [0, 0.1) is 6.92 Å². The van der Waals surface area contributed by atoms with Gasteiger partial charge in [-0.1, -0.05) is 61.5 Å². The molecule has 0 amide bonds. The van der Waals surface area contributed by atoms with Gasteiger partial charge in [0.15, 0.2) is 0 Å². The Hall–Kier alpha value is -2.51. The summed E-state index contributed by atoms with van der Waals surface area (Å²) in [5.41, 5.74) is 2.36. The van der Waals surface area contributed by atoms with Gasteiger partial charge in [0.25, 0.3) is 0 Å². The zero-order chi connectivity index (χ0) is 19.4. The minimum atomic E-state index is -3.66. The van der Waals surface area contributed by atoms with Crippen molar-refractivity contribution in [3.63, 3.8) is 0 Å². The summed E-state index contributed by atoms with van der Waals surface area (Å²) >= 11 is 0. The SMILES string of the molecule is CCc1nc(-c2ccc(C)c(S(=O)(=O)NC[C@H](C)c3ccccc3)c2)no1. The van der Waals surface area contributed by atoms with Gasteiger partial charge in [0.2, 0.25) is 21.7 Å². The number of nitrogens with zero attached hydrogens (tertiary/aromatic N) is 2. The van der Waals surface area contributed by atoms with Crippen LogP contribution in [-0.2, 0) is 16.4 Å². The molecule has 3 aromatic rings. The average Bonchev–Trinajstić information content (AvgIpc) is 3.16.